The first kappa shape index (κ1) is 19.3. The lowest BCUT2D eigenvalue weighted by Crippen LogP contribution is -2.24. The number of para-hydroxylation sites is 1. The molecular formula is C22H21N3O3S. The zero-order chi connectivity index (χ0) is 20.7. The van der Waals surface area contributed by atoms with Gasteiger partial charge in [-0.1, -0.05) is 36.0 Å². The number of aromatic nitrogens is 3. The Balaban J connectivity index is 2.04. The van der Waals surface area contributed by atoms with Crippen molar-refractivity contribution in [2.24, 2.45) is 0 Å². The summed E-state index contributed by atoms with van der Waals surface area (Å²) in [5, 5.41) is 0.821. The van der Waals surface area contributed by atoms with E-state index in [0.717, 1.165) is 27.7 Å². The molecule has 6 nitrogen and oxygen atoms in total. The summed E-state index contributed by atoms with van der Waals surface area (Å²) in [6.45, 7) is 5.72. The van der Waals surface area contributed by atoms with Crippen LogP contribution in [0.5, 0.6) is 0 Å². The molecule has 2 aromatic carbocycles. The van der Waals surface area contributed by atoms with Gasteiger partial charge in [-0.3, -0.25) is 14.2 Å². The number of ether oxygens (including phenoxy) is 1. The molecule has 0 fully saturated rings. The standard InChI is InChI=1S/C22H21N3O3S/c1-12-9-13(2)11-15(10-12)25-20(26)19-18(16-7-5-6-8-17(16)23-19)24-22(25)29-14(3)21(27)28-4/h5-11,14,23H,1-4H3/t14-/m0/s1. The molecule has 7 heteroatoms. The zero-order valence-corrected chi connectivity index (χ0v) is 17.5. The number of fused-ring (bicyclic) bond motifs is 3. The minimum atomic E-state index is -0.508. The molecule has 29 heavy (non-hydrogen) atoms. The molecule has 0 radical (unpaired) electrons. The molecule has 2 aromatic heterocycles. The molecule has 0 bridgehead atoms. The molecule has 2 heterocycles. The van der Waals surface area contributed by atoms with Gasteiger partial charge in [0.2, 0.25) is 0 Å². The van der Waals surface area contributed by atoms with Gasteiger partial charge < -0.3 is 9.72 Å². The summed E-state index contributed by atoms with van der Waals surface area (Å²) in [4.78, 5) is 33.6. The highest BCUT2D eigenvalue weighted by atomic mass is 32.2. The third-order valence-corrected chi connectivity index (χ3v) is 5.80. The van der Waals surface area contributed by atoms with E-state index < -0.39 is 5.25 Å². The summed E-state index contributed by atoms with van der Waals surface area (Å²) in [7, 11) is 1.35. The van der Waals surface area contributed by atoms with Gasteiger partial charge in [0, 0.05) is 10.9 Å². The summed E-state index contributed by atoms with van der Waals surface area (Å²) in [6.07, 6.45) is 0. The number of carbonyl (C=O) groups is 1. The maximum Gasteiger partial charge on any atom is 0.318 e. The molecule has 0 aliphatic rings. The Hall–Kier alpha value is -3.06. The van der Waals surface area contributed by atoms with Crippen molar-refractivity contribution in [2.75, 3.05) is 7.11 Å². The van der Waals surface area contributed by atoms with Crippen molar-refractivity contribution < 1.29 is 9.53 Å². The number of aryl methyl sites for hydroxylation is 2. The summed E-state index contributed by atoms with van der Waals surface area (Å²) in [5.74, 6) is -0.366. The number of aromatic amines is 1. The normalized spacial score (nSPS) is 12.4. The molecule has 0 saturated heterocycles. The number of hydrogen-bond donors (Lipinski definition) is 1. The largest absolute Gasteiger partial charge is 0.468 e. The Morgan fingerprint density at radius 1 is 1.17 bits per heavy atom. The van der Waals surface area contributed by atoms with Crippen LogP contribution in [0.4, 0.5) is 0 Å². The Bertz CT molecular complexity index is 1290. The van der Waals surface area contributed by atoms with Crippen LogP contribution >= 0.6 is 11.8 Å². The monoisotopic (exact) mass is 407 g/mol. The van der Waals surface area contributed by atoms with Crippen molar-refractivity contribution in [1.29, 1.82) is 0 Å². The van der Waals surface area contributed by atoms with E-state index >= 15 is 0 Å². The number of benzene rings is 2. The van der Waals surface area contributed by atoms with Gasteiger partial charge in [-0.25, -0.2) is 4.98 Å². The highest BCUT2D eigenvalue weighted by Gasteiger charge is 2.22. The second-order valence-corrected chi connectivity index (χ2v) is 8.37. The molecule has 4 rings (SSSR count). The Labute approximate surface area is 171 Å². The third-order valence-electron chi connectivity index (χ3n) is 4.77. The number of hydrogen-bond acceptors (Lipinski definition) is 5. The Morgan fingerprint density at radius 2 is 1.86 bits per heavy atom. The second kappa shape index (κ2) is 7.40. The topological polar surface area (TPSA) is 77.0 Å². The van der Waals surface area contributed by atoms with Gasteiger partial charge in [-0.2, -0.15) is 0 Å². The summed E-state index contributed by atoms with van der Waals surface area (Å²) < 4.78 is 6.43. The van der Waals surface area contributed by atoms with E-state index in [0.29, 0.717) is 16.2 Å². The fourth-order valence-corrected chi connectivity index (χ4v) is 4.45. The molecule has 0 unspecified atom stereocenters. The van der Waals surface area contributed by atoms with Gasteiger partial charge in [0.05, 0.1) is 12.8 Å². The van der Waals surface area contributed by atoms with Gasteiger partial charge in [-0.05, 0) is 50.1 Å². The smallest absolute Gasteiger partial charge is 0.318 e. The molecular weight excluding hydrogens is 386 g/mol. The van der Waals surface area contributed by atoms with E-state index in [1.807, 2.05) is 56.3 Å². The number of nitrogens with zero attached hydrogens (tertiary/aromatic N) is 2. The SMILES string of the molecule is COC(=O)[C@H](C)Sc1nc2c([nH]c3ccccc32)c(=O)n1-c1cc(C)cc(C)c1. The second-order valence-electron chi connectivity index (χ2n) is 7.06. The van der Waals surface area contributed by atoms with Crippen LogP contribution in [0.15, 0.2) is 52.4 Å². The van der Waals surface area contributed by atoms with E-state index in [2.05, 4.69) is 4.98 Å². The van der Waals surface area contributed by atoms with Gasteiger partial charge in [-0.15, -0.1) is 0 Å². The number of rotatable bonds is 4. The Morgan fingerprint density at radius 3 is 2.55 bits per heavy atom. The van der Waals surface area contributed by atoms with Crippen molar-refractivity contribution in [3.8, 4) is 5.69 Å². The first-order chi connectivity index (χ1) is 13.9. The average Bonchev–Trinajstić information content (AvgIpc) is 3.06. The fourth-order valence-electron chi connectivity index (χ4n) is 3.50. The van der Waals surface area contributed by atoms with Crippen LogP contribution in [-0.2, 0) is 9.53 Å². The van der Waals surface area contributed by atoms with Crippen LogP contribution in [0.1, 0.15) is 18.1 Å². The lowest BCUT2D eigenvalue weighted by atomic mass is 10.1. The zero-order valence-electron chi connectivity index (χ0n) is 16.6. The van der Waals surface area contributed by atoms with Crippen LogP contribution in [0, 0.1) is 13.8 Å². The summed E-state index contributed by atoms with van der Waals surface area (Å²) >= 11 is 1.21. The minimum Gasteiger partial charge on any atom is -0.468 e. The van der Waals surface area contributed by atoms with Gasteiger partial charge in [0.25, 0.3) is 5.56 Å². The number of methoxy groups -OCH3 is 1. The van der Waals surface area contributed by atoms with Crippen molar-refractivity contribution in [3.05, 3.63) is 63.9 Å². The molecule has 0 amide bonds. The molecule has 0 spiro atoms. The van der Waals surface area contributed by atoms with Crippen LogP contribution in [0.3, 0.4) is 0 Å². The summed E-state index contributed by atoms with van der Waals surface area (Å²) in [6, 6.07) is 13.6. The maximum absolute atomic E-state index is 13.5. The van der Waals surface area contributed by atoms with Gasteiger partial charge in [0.15, 0.2) is 5.16 Å². The van der Waals surface area contributed by atoms with Crippen LogP contribution < -0.4 is 5.56 Å². The van der Waals surface area contributed by atoms with E-state index in [-0.39, 0.29) is 11.5 Å². The van der Waals surface area contributed by atoms with Crippen LogP contribution in [-0.4, -0.2) is 32.9 Å². The highest BCUT2D eigenvalue weighted by Crippen LogP contribution is 2.29. The average molecular weight is 407 g/mol. The van der Waals surface area contributed by atoms with E-state index in [1.54, 1.807) is 11.5 Å². The molecule has 4 aromatic rings. The summed E-state index contributed by atoms with van der Waals surface area (Å²) in [5.41, 5.74) is 4.51. The first-order valence-corrected chi connectivity index (χ1v) is 10.1. The minimum absolute atomic E-state index is 0.198. The predicted molar refractivity (Wildman–Crippen MR) is 116 cm³/mol. The number of thioether (sulfide) groups is 1. The van der Waals surface area contributed by atoms with Gasteiger partial charge >= 0.3 is 5.97 Å². The van der Waals surface area contributed by atoms with E-state index in [9.17, 15) is 9.59 Å². The molecule has 0 aliphatic heterocycles. The number of carbonyl (C=O) groups excluding carboxylic acids is 1. The fraction of sp³-hybridized carbons (Fsp3) is 0.227. The maximum atomic E-state index is 13.5. The molecule has 148 valence electrons. The van der Waals surface area contributed by atoms with Gasteiger partial charge in [0.1, 0.15) is 16.3 Å². The van der Waals surface area contributed by atoms with Crippen molar-refractivity contribution in [1.82, 2.24) is 14.5 Å². The lowest BCUT2D eigenvalue weighted by Gasteiger charge is -2.15. The predicted octanol–water partition coefficient (Wildman–Crippen LogP) is 4.14. The first-order valence-electron chi connectivity index (χ1n) is 9.25. The quantitative estimate of drug-likeness (QED) is 0.313. The van der Waals surface area contributed by atoms with E-state index in [4.69, 9.17) is 9.72 Å². The molecule has 0 saturated carbocycles. The lowest BCUT2D eigenvalue weighted by molar-refractivity contribution is -0.139. The molecule has 1 N–H and O–H groups in total. The van der Waals surface area contributed by atoms with Crippen LogP contribution in [0.25, 0.3) is 27.6 Å². The van der Waals surface area contributed by atoms with Crippen molar-refractivity contribution in [3.63, 3.8) is 0 Å². The van der Waals surface area contributed by atoms with Crippen molar-refractivity contribution >= 4 is 39.7 Å². The van der Waals surface area contributed by atoms with E-state index in [1.165, 1.54) is 18.9 Å². The Kier molecular flexibility index (Phi) is 4.92. The van der Waals surface area contributed by atoms with Crippen molar-refractivity contribution in [2.45, 2.75) is 31.2 Å². The highest BCUT2D eigenvalue weighted by molar-refractivity contribution is 8.00. The number of H-pyrrole nitrogens is 1. The number of esters is 1. The van der Waals surface area contributed by atoms with Crippen LogP contribution in [0.2, 0.25) is 0 Å². The molecule has 1 atom stereocenters. The third kappa shape index (κ3) is 3.42. The number of nitrogens with one attached hydrogen (secondary N) is 1. The molecule has 0 aliphatic carbocycles.